The van der Waals surface area contributed by atoms with Crippen LogP contribution < -0.4 is 15.0 Å². The maximum absolute atomic E-state index is 13.0. The molecule has 0 bridgehead atoms. The SMILES string of the molecule is COc1ccc(-n2nc(C)c3c([nH]c4cc(OC)ccc43)c2=O)cc1. The van der Waals surface area contributed by atoms with Crippen LogP contribution in [-0.4, -0.2) is 29.0 Å². The Morgan fingerprint density at radius 1 is 1.00 bits per heavy atom. The highest BCUT2D eigenvalue weighted by molar-refractivity contribution is 6.08. The van der Waals surface area contributed by atoms with Crippen LogP contribution in [0.25, 0.3) is 27.5 Å². The average Bonchev–Trinajstić information content (AvgIpc) is 3.04. The molecular formula is C19H17N3O3. The van der Waals surface area contributed by atoms with Crippen LogP contribution in [0.1, 0.15) is 5.69 Å². The summed E-state index contributed by atoms with van der Waals surface area (Å²) in [5.41, 5.74) is 2.66. The van der Waals surface area contributed by atoms with Gasteiger partial charge in [0.05, 0.1) is 31.1 Å². The van der Waals surface area contributed by atoms with Crippen molar-refractivity contribution in [1.29, 1.82) is 0 Å². The van der Waals surface area contributed by atoms with Crippen molar-refractivity contribution in [1.82, 2.24) is 14.8 Å². The highest BCUT2D eigenvalue weighted by Crippen LogP contribution is 2.28. The Morgan fingerprint density at radius 3 is 2.36 bits per heavy atom. The standard InChI is InChI=1S/C19H17N3O3/c1-11-17-15-9-8-14(25-3)10-16(15)20-18(17)19(23)22(21-11)12-4-6-13(24-2)7-5-12/h4-10,20H,1-3H3. The number of benzene rings is 2. The predicted octanol–water partition coefficient (Wildman–Crippen LogP) is 3.19. The molecule has 6 heteroatoms. The zero-order valence-electron chi connectivity index (χ0n) is 14.2. The number of H-pyrrole nitrogens is 1. The van der Waals surface area contributed by atoms with E-state index in [2.05, 4.69) is 10.1 Å². The molecule has 2 heterocycles. The number of ether oxygens (including phenoxy) is 2. The van der Waals surface area contributed by atoms with Gasteiger partial charge in [0.15, 0.2) is 0 Å². The van der Waals surface area contributed by atoms with Gasteiger partial charge >= 0.3 is 0 Å². The summed E-state index contributed by atoms with van der Waals surface area (Å²) in [4.78, 5) is 16.2. The smallest absolute Gasteiger partial charge is 0.295 e. The lowest BCUT2D eigenvalue weighted by molar-refractivity contribution is 0.414. The van der Waals surface area contributed by atoms with Gasteiger partial charge in [0.2, 0.25) is 0 Å². The Balaban J connectivity index is 2.00. The zero-order chi connectivity index (χ0) is 17.6. The van der Waals surface area contributed by atoms with Gasteiger partial charge in [-0.1, -0.05) is 0 Å². The quantitative estimate of drug-likeness (QED) is 0.624. The molecule has 4 rings (SSSR count). The second-order valence-electron chi connectivity index (χ2n) is 5.79. The minimum Gasteiger partial charge on any atom is -0.497 e. The molecule has 126 valence electrons. The number of nitrogens with one attached hydrogen (secondary N) is 1. The van der Waals surface area contributed by atoms with Crippen LogP contribution in [0.15, 0.2) is 47.3 Å². The van der Waals surface area contributed by atoms with Crippen molar-refractivity contribution in [3.63, 3.8) is 0 Å². The third-order valence-electron chi connectivity index (χ3n) is 4.34. The molecule has 6 nitrogen and oxygen atoms in total. The minimum absolute atomic E-state index is 0.194. The first-order valence-corrected chi connectivity index (χ1v) is 7.86. The lowest BCUT2D eigenvalue weighted by Crippen LogP contribution is -2.22. The second-order valence-corrected chi connectivity index (χ2v) is 5.79. The third kappa shape index (κ3) is 2.34. The lowest BCUT2D eigenvalue weighted by Gasteiger charge is -2.07. The van der Waals surface area contributed by atoms with Crippen molar-refractivity contribution >= 4 is 21.8 Å². The molecule has 0 atom stereocenters. The summed E-state index contributed by atoms with van der Waals surface area (Å²) in [6, 6.07) is 12.9. The van der Waals surface area contributed by atoms with Crippen molar-refractivity contribution in [2.24, 2.45) is 0 Å². The Labute approximate surface area is 143 Å². The van der Waals surface area contributed by atoms with Crippen molar-refractivity contribution in [3.8, 4) is 17.2 Å². The summed E-state index contributed by atoms with van der Waals surface area (Å²) in [7, 11) is 3.22. The van der Waals surface area contributed by atoms with E-state index in [9.17, 15) is 4.79 Å². The maximum atomic E-state index is 13.0. The van der Waals surface area contributed by atoms with E-state index in [0.29, 0.717) is 11.2 Å². The monoisotopic (exact) mass is 335 g/mol. The fourth-order valence-electron chi connectivity index (χ4n) is 3.09. The van der Waals surface area contributed by atoms with Crippen molar-refractivity contribution in [3.05, 3.63) is 58.5 Å². The van der Waals surface area contributed by atoms with E-state index in [1.807, 2.05) is 37.3 Å². The van der Waals surface area contributed by atoms with Gasteiger partial charge in [0.1, 0.15) is 17.0 Å². The largest absolute Gasteiger partial charge is 0.497 e. The summed E-state index contributed by atoms with van der Waals surface area (Å²) < 4.78 is 11.8. The van der Waals surface area contributed by atoms with Crippen LogP contribution in [-0.2, 0) is 0 Å². The number of aryl methyl sites for hydroxylation is 1. The van der Waals surface area contributed by atoms with Crippen LogP contribution in [0.4, 0.5) is 0 Å². The van der Waals surface area contributed by atoms with Crippen LogP contribution in [0.2, 0.25) is 0 Å². The predicted molar refractivity (Wildman–Crippen MR) is 97.0 cm³/mol. The molecule has 0 aliphatic heterocycles. The summed E-state index contributed by atoms with van der Waals surface area (Å²) >= 11 is 0. The van der Waals surface area contributed by atoms with Crippen LogP contribution in [0, 0.1) is 6.92 Å². The Morgan fingerprint density at radius 2 is 1.68 bits per heavy atom. The summed E-state index contributed by atoms with van der Waals surface area (Å²) in [5.74, 6) is 1.47. The number of aromatic amines is 1. The Hall–Kier alpha value is -3.28. The number of methoxy groups -OCH3 is 2. The van der Waals surface area contributed by atoms with Gasteiger partial charge in [-0.25, -0.2) is 0 Å². The summed E-state index contributed by atoms with van der Waals surface area (Å²) in [5, 5.41) is 6.30. The van der Waals surface area contributed by atoms with E-state index in [0.717, 1.165) is 33.5 Å². The molecule has 25 heavy (non-hydrogen) atoms. The van der Waals surface area contributed by atoms with Crippen molar-refractivity contribution in [2.45, 2.75) is 6.92 Å². The van der Waals surface area contributed by atoms with E-state index >= 15 is 0 Å². The van der Waals surface area contributed by atoms with Gasteiger partial charge in [0.25, 0.3) is 5.56 Å². The molecule has 0 saturated heterocycles. The first-order chi connectivity index (χ1) is 12.1. The normalized spacial score (nSPS) is 11.2. The van der Waals surface area contributed by atoms with Gasteiger partial charge in [-0.15, -0.1) is 0 Å². The van der Waals surface area contributed by atoms with Crippen LogP contribution >= 0.6 is 0 Å². The number of rotatable bonds is 3. The lowest BCUT2D eigenvalue weighted by atomic mass is 10.1. The molecule has 0 amide bonds. The fraction of sp³-hybridized carbons (Fsp3) is 0.158. The highest BCUT2D eigenvalue weighted by atomic mass is 16.5. The van der Waals surface area contributed by atoms with E-state index < -0.39 is 0 Å². The molecule has 2 aromatic carbocycles. The summed E-state index contributed by atoms with van der Waals surface area (Å²) in [6.07, 6.45) is 0. The molecule has 4 aromatic rings. The fourth-order valence-corrected chi connectivity index (χ4v) is 3.09. The molecule has 0 saturated carbocycles. The van der Waals surface area contributed by atoms with E-state index in [1.54, 1.807) is 26.4 Å². The van der Waals surface area contributed by atoms with Gasteiger partial charge in [0, 0.05) is 16.8 Å². The highest BCUT2D eigenvalue weighted by Gasteiger charge is 2.15. The second kappa shape index (κ2) is 5.66. The number of hydrogen-bond acceptors (Lipinski definition) is 4. The van der Waals surface area contributed by atoms with E-state index in [-0.39, 0.29) is 5.56 Å². The van der Waals surface area contributed by atoms with Gasteiger partial charge in [-0.2, -0.15) is 9.78 Å². The third-order valence-corrected chi connectivity index (χ3v) is 4.34. The van der Waals surface area contributed by atoms with Crippen LogP contribution in [0.3, 0.4) is 0 Å². The molecule has 0 fully saturated rings. The number of aromatic nitrogens is 3. The van der Waals surface area contributed by atoms with Gasteiger partial charge in [-0.3, -0.25) is 4.79 Å². The van der Waals surface area contributed by atoms with Gasteiger partial charge in [-0.05, 0) is 43.3 Å². The molecule has 0 radical (unpaired) electrons. The van der Waals surface area contributed by atoms with Gasteiger partial charge < -0.3 is 14.5 Å². The molecule has 0 unspecified atom stereocenters. The first kappa shape index (κ1) is 15.3. The van der Waals surface area contributed by atoms with E-state index in [1.165, 1.54) is 4.68 Å². The molecule has 0 spiro atoms. The Bertz CT molecular complexity index is 1140. The maximum Gasteiger partial charge on any atom is 0.295 e. The number of fused-ring (bicyclic) bond motifs is 3. The Kier molecular flexibility index (Phi) is 3.46. The van der Waals surface area contributed by atoms with E-state index in [4.69, 9.17) is 9.47 Å². The molecule has 2 aromatic heterocycles. The average molecular weight is 335 g/mol. The van der Waals surface area contributed by atoms with Crippen molar-refractivity contribution < 1.29 is 9.47 Å². The number of hydrogen-bond donors (Lipinski definition) is 1. The first-order valence-electron chi connectivity index (χ1n) is 7.86. The minimum atomic E-state index is -0.194. The zero-order valence-corrected chi connectivity index (χ0v) is 14.2. The molecule has 0 aliphatic rings. The number of nitrogens with zero attached hydrogens (tertiary/aromatic N) is 2. The topological polar surface area (TPSA) is 69.1 Å². The molecule has 1 N–H and O–H groups in total. The van der Waals surface area contributed by atoms with Crippen LogP contribution in [0.5, 0.6) is 11.5 Å². The summed E-state index contributed by atoms with van der Waals surface area (Å²) in [6.45, 7) is 1.90. The molecule has 0 aliphatic carbocycles. The van der Waals surface area contributed by atoms with Crippen molar-refractivity contribution in [2.75, 3.05) is 14.2 Å². The molecular weight excluding hydrogens is 318 g/mol.